The van der Waals surface area contributed by atoms with Crippen molar-refractivity contribution in [2.45, 2.75) is 13.8 Å². The number of hydrogen-bond donors (Lipinski definition) is 2. The Morgan fingerprint density at radius 2 is 1.86 bits per heavy atom. The monoisotopic (exact) mass is 387 g/mol. The third-order valence-corrected chi connectivity index (χ3v) is 4.99. The van der Waals surface area contributed by atoms with Gasteiger partial charge in [0.1, 0.15) is 0 Å². The number of fused-ring (bicyclic) bond motifs is 2. The van der Waals surface area contributed by atoms with Crippen LogP contribution >= 0.6 is 0 Å². The molecule has 4 rings (SSSR count). The number of methoxy groups -OCH3 is 1. The first-order chi connectivity index (χ1) is 14.1. The Morgan fingerprint density at radius 1 is 1.10 bits per heavy atom. The summed E-state index contributed by atoms with van der Waals surface area (Å²) in [6.07, 6.45) is 5.34. The first-order valence-corrected chi connectivity index (χ1v) is 9.28. The summed E-state index contributed by atoms with van der Waals surface area (Å²) < 4.78 is 4.87. The zero-order valence-corrected chi connectivity index (χ0v) is 16.4. The van der Waals surface area contributed by atoms with E-state index in [2.05, 4.69) is 28.3 Å². The van der Waals surface area contributed by atoms with E-state index >= 15 is 0 Å². The van der Waals surface area contributed by atoms with Crippen LogP contribution in [0.1, 0.15) is 25.0 Å². The number of ether oxygens (including phenoxy) is 1. The maximum atomic E-state index is 12.3. The van der Waals surface area contributed by atoms with Crippen molar-refractivity contribution < 1.29 is 14.6 Å². The zero-order valence-electron chi connectivity index (χ0n) is 16.4. The minimum Gasteiger partial charge on any atom is -0.505 e. The molecule has 2 N–H and O–H groups in total. The predicted molar refractivity (Wildman–Crippen MR) is 115 cm³/mol. The first kappa shape index (κ1) is 18.6. The average Bonchev–Trinajstić information content (AvgIpc) is 3.21. The molecule has 146 valence electrons. The van der Waals surface area contributed by atoms with Crippen molar-refractivity contribution >= 4 is 34.5 Å². The molecule has 29 heavy (non-hydrogen) atoms. The minimum atomic E-state index is -0.653. The third kappa shape index (κ3) is 2.99. The van der Waals surface area contributed by atoms with Gasteiger partial charge < -0.3 is 14.8 Å². The molecular formula is C23H21N3O3. The summed E-state index contributed by atoms with van der Waals surface area (Å²) in [6, 6.07) is 14.0. The number of hydrogen-bond acceptors (Lipinski definition) is 5. The highest BCUT2D eigenvalue weighted by molar-refractivity contribution is 6.01. The SMILES string of the molecule is C/C=N\N1C(C(=O)OC)=C(O)c2ccc(-c3ccc4cc[nH]c4c3)cc2/C1=C\C. The molecule has 2 aromatic carbocycles. The number of carbonyl (C=O) groups is 1. The van der Waals surface area contributed by atoms with Crippen LogP contribution in [0.5, 0.6) is 0 Å². The molecule has 6 heteroatoms. The number of hydrazone groups is 1. The number of aliphatic hydroxyl groups excluding tert-OH is 1. The van der Waals surface area contributed by atoms with Crippen LogP contribution in [0.3, 0.4) is 0 Å². The Kier molecular flexibility index (Phi) is 4.68. The largest absolute Gasteiger partial charge is 0.505 e. The maximum Gasteiger partial charge on any atom is 0.360 e. The molecule has 0 atom stereocenters. The Bertz CT molecular complexity index is 1200. The second kappa shape index (κ2) is 7.31. The smallest absolute Gasteiger partial charge is 0.360 e. The topological polar surface area (TPSA) is 77.9 Å². The number of rotatable bonds is 3. The number of nitrogens with zero attached hydrogens (tertiary/aromatic N) is 2. The molecule has 1 aromatic heterocycles. The molecule has 0 fully saturated rings. The second-order valence-corrected chi connectivity index (χ2v) is 6.59. The molecule has 0 unspecified atom stereocenters. The van der Waals surface area contributed by atoms with Crippen LogP contribution in [0.15, 0.2) is 65.5 Å². The highest BCUT2D eigenvalue weighted by atomic mass is 16.5. The molecule has 0 amide bonds. The van der Waals surface area contributed by atoms with Crippen molar-refractivity contribution in [3.63, 3.8) is 0 Å². The molecule has 0 aliphatic carbocycles. The summed E-state index contributed by atoms with van der Waals surface area (Å²) in [6.45, 7) is 3.61. The molecule has 0 radical (unpaired) electrons. The lowest BCUT2D eigenvalue weighted by molar-refractivity contribution is -0.137. The minimum absolute atomic E-state index is 0.00763. The second-order valence-electron chi connectivity index (χ2n) is 6.59. The van der Waals surface area contributed by atoms with Crippen LogP contribution in [0.2, 0.25) is 0 Å². The van der Waals surface area contributed by atoms with E-state index in [9.17, 15) is 9.90 Å². The van der Waals surface area contributed by atoms with Crippen LogP contribution in [0, 0.1) is 0 Å². The van der Waals surface area contributed by atoms with Gasteiger partial charge in [0, 0.05) is 29.1 Å². The van der Waals surface area contributed by atoms with Gasteiger partial charge in [-0.05, 0) is 54.6 Å². The van der Waals surface area contributed by atoms with Gasteiger partial charge in [0.2, 0.25) is 0 Å². The van der Waals surface area contributed by atoms with Crippen LogP contribution < -0.4 is 0 Å². The van der Waals surface area contributed by atoms with Crippen LogP contribution in [0.4, 0.5) is 0 Å². The van der Waals surface area contributed by atoms with Gasteiger partial charge in [-0.2, -0.15) is 5.10 Å². The quantitative estimate of drug-likeness (QED) is 0.494. The highest BCUT2D eigenvalue weighted by Crippen LogP contribution is 2.40. The van der Waals surface area contributed by atoms with Crippen LogP contribution in [-0.4, -0.2) is 34.4 Å². The first-order valence-electron chi connectivity index (χ1n) is 9.28. The predicted octanol–water partition coefficient (Wildman–Crippen LogP) is 4.92. The molecule has 0 saturated heterocycles. The number of H-pyrrole nitrogens is 1. The van der Waals surface area contributed by atoms with Gasteiger partial charge in [0.25, 0.3) is 0 Å². The normalized spacial score (nSPS) is 15.4. The van der Waals surface area contributed by atoms with Crippen LogP contribution in [-0.2, 0) is 9.53 Å². The van der Waals surface area contributed by atoms with Gasteiger partial charge in [0.15, 0.2) is 11.5 Å². The lowest BCUT2D eigenvalue weighted by atomic mass is 9.92. The number of aliphatic hydroxyl groups is 1. The Labute approximate surface area is 168 Å². The van der Waals surface area contributed by atoms with Gasteiger partial charge in [-0.3, -0.25) is 0 Å². The van der Waals surface area contributed by atoms with Gasteiger partial charge in [-0.25, -0.2) is 9.80 Å². The Balaban J connectivity index is 1.92. The van der Waals surface area contributed by atoms with E-state index < -0.39 is 5.97 Å². The van der Waals surface area contributed by atoms with Crippen molar-refractivity contribution in [3.8, 4) is 11.1 Å². The number of allylic oxidation sites excluding steroid dienone is 1. The molecule has 6 nitrogen and oxygen atoms in total. The summed E-state index contributed by atoms with van der Waals surface area (Å²) >= 11 is 0. The van der Waals surface area contributed by atoms with Gasteiger partial charge >= 0.3 is 5.97 Å². The van der Waals surface area contributed by atoms with Gasteiger partial charge in [-0.15, -0.1) is 0 Å². The van der Waals surface area contributed by atoms with E-state index in [0.717, 1.165) is 27.6 Å². The molecule has 0 spiro atoms. The van der Waals surface area contributed by atoms with E-state index in [0.29, 0.717) is 11.3 Å². The van der Waals surface area contributed by atoms with E-state index in [1.807, 2.05) is 43.5 Å². The standard InChI is InChI=1S/C23H21N3O3/c1-4-20-18-12-15(16-7-6-14-10-11-24-19(14)13-16)8-9-17(18)22(27)21(23(28)29-3)26(20)25-5-2/h4-13,24,27H,1-3H3/b20-4+,25-5-. The van der Waals surface area contributed by atoms with Gasteiger partial charge in [-0.1, -0.05) is 24.3 Å². The number of benzene rings is 2. The number of esters is 1. The fourth-order valence-corrected chi connectivity index (χ4v) is 3.63. The van der Waals surface area contributed by atoms with Crippen molar-refractivity contribution in [2.24, 2.45) is 5.10 Å². The molecule has 3 aromatic rings. The molecule has 1 aliphatic heterocycles. The Hall–Kier alpha value is -3.80. The van der Waals surface area contributed by atoms with E-state index in [1.165, 1.54) is 12.1 Å². The number of aromatic nitrogens is 1. The fourth-order valence-electron chi connectivity index (χ4n) is 3.63. The lowest BCUT2D eigenvalue weighted by Crippen LogP contribution is -2.28. The van der Waals surface area contributed by atoms with Crippen molar-refractivity contribution in [3.05, 3.63) is 71.6 Å². The van der Waals surface area contributed by atoms with Crippen molar-refractivity contribution in [1.82, 2.24) is 9.99 Å². The van der Waals surface area contributed by atoms with E-state index in [1.54, 1.807) is 13.1 Å². The molecule has 2 heterocycles. The molecule has 1 aliphatic rings. The summed E-state index contributed by atoms with van der Waals surface area (Å²) in [7, 11) is 1.28. The molecule has 0 saturated carbocycles. The highest BCUT2D eigenvalue weighted by Gasteiger charge is 2.33. The zero-order chi connectivity index (χ0) is 20.5. The summed E-state index contributed by atoms with van der Waals surface area (Å²) in [4.78, 5) is 15.6. The van der Waals surface area contributed by atoms with Crippen molar-refractivity contribution in [1.29, 1.82) is 0 Å². The van der Waals surface area contributed by atoms with E-state index in [-0.39, 0.29) is 11.5 Å². The van der Waals surface area contributed by atoms with Crippen molar-refractivity contribution in [2.75, 3.05) is 7.11 Å². The average molecular weight is 387 g/mol. The number of nitrogens with one attached hydrogen (secondary N) is 1. The van der Waals surface area contributed by atoms with E-state index in [4.69, 9.17) is 4.74 Å². The third-order valence-electron chi connectivity index (χ3n) is 4.99. The molecular weight excluding hydrogens is 366 g/mol. The van der Waals surface area contributed by atoms with Gasteiger partial charge in [0.05, 0.1) is 12.8 Å². The maximum absolute atomic E-state index is 12.3. The lowest BCUT2D eigenvalue weighted by Gasteiger charge is -2.30. The van der Waals surface area contributed by atoms with Crippen LogP contribution in [0.25, 0.3) is 33.5 Å². The summed E-state index contributed by atoms with van der Waals surface area (Å²) in [5.74, 6) is -0.811. The Morgan fingerprint density at radius 3 is 2.59 bits per heavy atom. The summed E-state index contributed by atoms with van der Waals surface area (Å²) in [5, 5.41) is 17.7. The fraction of sp³-hybridized carbons (Fsp3) is 0.130. The summed E-state index contributed by atoms with van der Waals surface area (Å²) in [5.41, 5.74) is 5.13. The number of carbonyl (C=O) groups excluding carboxylic acids is 1. The number of aromatic amines is 1. The molecule has 0 bridgehead atoms.